The third-order valence-electron chi connectivity index (χ3n) is 2.79. The molecule has 0 atom stereocenters. The SMILES string of the molecule is CC(C)c1nc(NN)cc(NCc2ccc(Br)cc2)n1. The predicted molar refractivity (Wildman–Crippen MR) is 85.4 cm³/mol. The van der Waals surface area contributed by atoms with Crippen LogP contribution in [0.4, 0.5) is 11.6 Å². The first-order chi connectivity index (χ1) is 9.58. The van der Waals surface area contributed by atoms with Gasteiger partial charge in [0.05, 0.1) is 0 Å². The Hall–Kier alpha value is -1.66. The number of nitrogen functional groups attached to an aromatic ring is 1. The van der Waals surface area contributed by atoms with Crippen molar-refractivity contribution in [3.8, 4) is 0 Å². The summed E-state index contributed by atoms with van der Waals surface area (Å²) in [4.78, 5) is 8.81. The molecule has 1 aromatic heterocycles. The third-order valence-corrected chi connectivity index (χ3v) is 3.32. The lowest BCUT2D eigenvalue weighted by Gasteiger charge is -2.11. The first-order valence-electron chi connectivity index (χ1n) is 6.42. The molecule has 6 heteroatoms. The fourth-order valence-electron chi connectivity index (χ4n) is 1.68. The van der Waals surface area contributed by atoms with Gasteiger partial charge in [0.2, 0.25) is 0 Å². The van der Waals surface area contributed by atoms with Crippen LogP contribution < -0.4 is 16.6 Å². The van der Waals surface area contributed by atoms with Crippen LogP contribution in [0.25, 0.3) is 0 Å². The van der Waals surface area contributed by atoms with Crippen molar-refractivity contribution in [3.05, 3.63) is 46.2 Å². The summed E-state index contributed by atoms with van der Waals surface area (Å²) >= 11 is 3.42. The first kappa shape index (κ1) is 14.7. The Kier molecular flexibility index (Phi) is 4.92. The molecular formula is C14H18BrN5. The molecule has 2 aromatic rings. The molecule has 0 aliphatic carbocycles. The Balaban J connectivity index is 2.12. The third kappa shape index (κ3) is 3.91. The number of nitrogens with one attached hydrogen (secondary N) is 2. The maximum Gasteiger partial charge on any atom is 0.145 e. The van der Waals surface area contributed by atoms with Gasteiger partial charge in [0.15, 0.2) is 0 Å². The second-order valence-corrected chi connectivity index (χ2v) is 5.69. The molecule has 20 heavy (non-hydrogen) atoms. The summed E-state index contributed by atoms with van der Waals surface area (Å²) in [5.41, 5.74) is 3.75. The molecule has 0 bridgehead atoms. The van der Waals surface area contributed by atoms with Gasteiger partial charge in [0, 0.05) is 23.0 Å². The molecule has 5 nitrogen and oxygen atoms in total. The highest BCUT2D eigenvalue weighted by molar-refractivity contribution is 9.10. The number of nitrogens with zero attached hydrogens (tertiary/aromatic N) is 2. The Labute approximate surface area is 127 Å². The van der Waals surface area contributed by atoms with Crippen LogP contribution in [0.1, 0.15) is 31.2 Å². The van der Waals surface area contributed by atoms with Crippen molar-refractivity contribution >= 4 is 27.6 Å². The summed E-state index contributed by atoms with van der Waals surface area (Å²) in [6.45, 7) is 4.80. The van der Waals surface area contributed by atoms with Gasteiger partial charge in [0.25, 0.3) is 0 Å². The molecule has 1 heterocycles. The van der Waals surface area contributed by atoms with E-state index in [0.29, 0.717) is 12.4 Å². The fourth-order valence-corrected chi connectivity index (χ4v) is 1.95. The summed E-state index contributed by atoms with van der Waals surface area (Å²) in [5.74, 6) is 7.82. The van der Waals surface area contributed by atoms with Crippen molar-refractivity contribution in [2.24, 2.45) is 5.84 Å². The van der Waals surface area contributed by atoms with Crippen molar-refractivity contribution in [2.45, 2.75) is 26.3 Å². The van der Waals surface area contributed by atoms with Crippen LogP contribution >= 0.6 is 15.9 Å². The van der Waals surface area contributed by atoms with Crippen LogP contribution in [0.3, 0.4) is 0 Å². The van der Waals surface area contributed by atoms with E-state index in [-0.39, 0.29) is 5.92 Å². The minimum Gasteiger partial charge on any atom is -0.366 e. The van der Waals surface area contributed by atoms with Crippen LogP contribution in [0.2, 0.25) is 0 Å². The molecule has 0 aliphatic rings. The molecule has 106 valence electrons. The Morgan fingerprint density at radius 3 is 2.40 bits per heavy atom. The van der Waals surface area contributed by atoms with Gasteiger partial charge < -0.3 is 10.7 Å². The summed E-state index contributed by atoms with van der Waals surface area (Å²) in [6, 6.07) is 9.95. The highest BCUT2D eigenvalue weighted by Crippen LogP contribution is 2.17. The van der Waals surface area contributed by atoms with Gasteiger partial charge in [-0.15, -0.1) is 0 Å². The molecule has 0 saturated carbocycles. The molecule has 4 N–H and O–H groups in total. The van der Waals surface area contributed by atoms with Crippen molar-refractivity contribution in [1.82, 2.24) is 9.97 Å². The Morgan fingerprint density at radius 2 is 1.80 bits per heavy atom. The van der Waals surface area contributed by atoms with Gasteiger partial charge in [0.1, 0.15) is 17.5 Å². The Bertz CT molecular complexity index is 568. The van der Waals surface area contributed by atoms with E-state index in [2.05, 4.69) is 48.8 Å². The zero-order chi connectivity index (χ0) is 14.5. The van der Waals surface area contributed by atoms with Gasteiger partial charge in [-0.25, -0.2) is 15.8 Å². The van der Waals surface area contributed by atoms with E-state index in [1.165, 1.54) is 5.56 Å². The summed E-state index contributed by atoms with van der Waals surface area (Å²) < 4.78 is 1.07. The zero-order valence-corrected chi connectivity index (χ0v) is 13.1. The highest BCUT2D eigenvalue weighted by Gasteiger charge is 2.07. The molecule has 2 rings (SSSR count). The van der Waals surface area contributed by atoms with Crippen LogP contribution in [0.15, 0.2) is 34.8 Å². The maximum absolute atomic E-state index is 5.44. The number of halogens is 1. The lowest BCUT2D eigenvalue weighted by Crippen LogP contribution is -2.13. The number of hydrogen-bond donors (Lipinski definition) is 3. The van der Waals surface area contributed by atoms with E-state index in [1.54, 1.807) is 6.07 Å². The van der Waals surface area contributed by atoms with Crippen LogP contribution in [-0.2, 0) is 6.54 Å². The molecule has 0 radical (unpaired) electrons. The fraction of sp³-hybridized carbons (Fsp3) is 0.286. The lowest BCUT2D eigenvalue weighted by molar-refractivity contribution is 0.775. The highest BCUT2D eigenvalue weighted by atomic mass is 79.9. The van der Waals surface area contributed by atoms with Gasteiger partial charge in [-0.2, -0.15) is 0 Å². The maximum atomic E-state index is 5.44. The molecular weight excluding hydrogens is 318 g/mol. The monoisotopic (exact) mass is 335 g/mol. The molecule has 1 aromatic carbocycles. The quantitative estimate of drug-likeness (QED) is 0.577. The Morgan fingerprint density at radius 1 is 1.15 bits per heavy atom. The van der Waals surface area contributed by atoms with E-state index in [4.69, 9.17) is 5.84 Å². The number of nitrogens with two attached hydrogens (primary N) is 1. The van der Waals surface area contributed by atoms with E-state index in [9.17, 15) is 0 Å². The van der Waals surface area contributed by atoms with Crippen LogP contribution in [-0.4, -0.2) is 9.97 Å². The number of aromatic nitrogens is 2. The van der Waals surface area contributed by atoms with Gasteiger partial charge in [-0.05, 0) is 17.7 Å². The number of hydrazine groups is 1. The zero-order valence-electron chi connectivity index (χ0n) is 11.5. The van der Waals surface area contributed by atoms with E-state index >= 15 is 0 Å². The number of anilines is 2. The molecule has 0 unspecified atom stereocenters. The van der Waals surface area contributed by atoms with E-state index < -0.39 is 0 Å². The number of benzene rings is 1. The van der Waals surface area contributed by atoms with Crippen molar-refractivity contribution in [2.75, 3.05) is 10.7 Å². The summed E-state index contributed by atoms with van der Waals surface area (Å²) in [6.07, 6.45) is 0. The topological polar surface area (TPSA) is 75.9 Å². The number of rotatable bonds is 5. The minimum atomic E-state index is 0.247. The second kappa shape index (κ2) is 6.67. The van der Waals surface area contributed by atoms with Crippen molar-refractivity contribution in [3.63, 3.8) is 0 Å². The number of hydrogen-bond acceptors (Lipinski definition) is 5. The standard InChI is InChI=1S/C14H18BrN5/c1-9(2)14-18-12(7-13(19-14)20-16)17-8-10-3-5-11(15)6-4-10/h3-7,9H,8,16H2,1-2H3,(H2,17,18,19,20). The van der Waals surface area contributed by atoms with E-state index in [0.717, 1.165) is 16.1 Å². The molecule has 0 aliphatic heterocycles. The van der Waals surface area contributed by atoms with Gasteiger partial charge >= 0.3 is 0 Å². The average Bonchev–Trinajstić information content (AvgIpc) is 2.46. The summed E-state index contributed by atoms with van der Waals surface area (Å²) in [5, 5.41) is 3.29. The largest absolute Gasteiger partial charge is 0.366 e. The predicted octanol–water partition coefficient (Wildman–Crippen LogP) is 3.26. The lowest BCUT2D eigenvalue weighted by atomic mass is 10.2. The smallest absolute Gasteiger partial charge is 0.145 e. The van der Waals surface area contributed by atoms with Crippen LogP contribution in [0.5, 0.6) is 0 Å². The second-order valence-electron chi connectivity index (χ2n) is 4.78. The molecule has 0 fully saturated rings. The minimum absolute atomic E-state index is 0.247. The normalized spacial score (nSPS) is 10.7. The summed E-state index contributed by atoms with van der Waals surface area (Å²) in [7, 11) is 0. The van der Waals surface area contributed by atoms with Gasteiger partial charge in [-0.1, -0.05) is 41.9 Å². The van der Waals surface area contributed by atoms with Crippen LogP contribution in [0, 0.1) is 0 Å². The van der Waals surface area contributed by atoms with Crippen molar-refractivity contribution in [1.29, 1.82) is 0 Å². The molecule has 0 saturated heterocycles. The molecule has 0 spiro atoms. The van der Waals surface area contributed by atoms with Crippen molar-refractivity contribution < 1.29 is 0 Å². The molecule has 0 amide bonds. The van der Waals surface area contributed by atoms with Gasteiger partial charge in [-0.3, -0.25) is 0 Å². The van der Waals surface area contributed by atoms with E-state index in [1.807, 2.05) is 26.0 Å². The first-order valence-corrected chi connectivity index (χ1v) is 7.21. The average molecular weight is 336 g/mol.